The van der Waals surface area contributed by atoms with Crippen LogP contribution in [0.5, 0.6) is 0 Å². The van der Waals surface area contributed by atoms with E-state index in [0.29, 0.717) is 29.4 Å². The summed E-state index contributed by atoms with van der Waals surface area (Å²) in [5.74, 6) is 0.709. The largest absolute Gasteiger partial charge is 0.465 e. The smallest absolute Gasteiger partial charge is 0.463 e. The molecule has 5 atom stereocenters. The topological polar surface area (TPSA) is 44.8 Å². The molecule has 1 aliphatic heterocycles. The van der Waals surface area contributed by atoms with Crippen LogP contribution in [0.15, 0.2) is 35.9 Å². The number of rotatable bonds is 5. The molecule has 0 aromatic heterocycles. The van der Waals surface area contributed by atoms with E-state index in [-0.39, 0.29) is 23.5 Å². The third kappa shape index (κ3) is 3.03. The third-order valence-corrected chi connectivity index (χ3v) is 7.50. The number of benzene rings is 1. The van der Waals surface area contributed by atoms with E-state index >= 15 is 0 Å². The van der Waals surface area contributed by atoms with Gasteiger partial charge in [0, 0.05) is 11.4 Å². The van der Waals surface area contributed by atoms with Crippen LogP contribution >= 0.6 is 0 Å². The van der Waals surface area contributed by atoms with Crippen LogP contribution in [-0.2, 0) is 18.8 Å². The molecule has 0 amide bonds. The minimum atomic E-state index is -0.426. The summed E-state index contributed by atoms with van der Waals surface area (Å²) in [5, 5.41) is 0. The highest BCUT2D eigenvalue weighted by Gasteiger charge is 2.68. The summed E-state index contributed by atoms with van der Waals surface area (Å²) < 4.78 is 18.3. The van der Waals surface area contributed by atoms with Crippen LogP contribution < -0.4 is 0 Å². The lowest BCUT2D eigenvalue weighted by atomic mass is 9.43. The lowest BCUT2D eigenvalue weighted by Crippen LogP contribution is -2.65. The van der Waals surface area contributed by atoms with Crippen molar-refractivity contribution in [2.24, 2.45) is 17.3 Å². The Labute approximate surface area is 168 Å². The molecule has 1 aromatic carbocycles. The lowest BCUT2D eigenvalue weighted by molar-refractivity contribution is -0.199. The van der Waals surface area contributed by atoms with Crippen molar-refractivity contribution in [1.29, 1.82) is 0 Å². The maximum atomic E-state index is 12.7. The van der Waals surface area contributed by atoms with Gasteiger partial charge in [0.05, 0.1) is 18.3 Å². The number of ether oxygens (including phenoxy) is 1. The van der Waals surface area contributed by atoms with Gasteiger partial charge in [-0.15, -0.1) is 0 Å². The minimum Gasteiger partial charge on any atom is -0.463 e. The maximum Gasteiger partial charge on any atom is 0.465 e. The van der Waals surface area contributed by atoms with Crippen molar-refractivity contribution in [2.45, 2.75) is 65.0 Å². The first-order chi connectivity index (χ1) is 13.3. The van der Waals surface area contributed by atoms with Crippen LogP contribution in [0.2, 0.25) is 5.82 Å². The molecule has 1 aromatic rings. The zero-order valence-corrected chi connectivity index (χ0v) is 17.6. The standard InChI is InChI=1S/C23H31BO4/c1-6-26-21(25)18(12-16-10-8-7-9-11-16)15(2)24-27-20-14-17-13-19(22(17,3)4)23(20,5)28-24/h7-12,15,17,19-20H,6,13-14H2,1-5H3/b18-12+/t15?,17-,19-,20+,23-/m1/s1. The normalized spacial score (nSPS) is 34.4. The molecule has 4 fully saturated rings. The van der Waals surface area contributed by atoms with Gasteiger partial charge in [-0.2, -0.15) is 0 Å². The summed E-state index contributed by atoms with van der Waals surface area (Å²) in [6.07, 6.45) is 4.27. The van der Waals surface area contributed by atoms with Gasteiger partial charge in [-0.1, -0.05) is 51.1 Å². The molecule has 150 valence electrons. The first-order valence-electron chi connectivity index (χ1n) is 10.5. The Hall–Kier alpha value is -1.59. The van der Waals surface area contributed by atoms with Crippen LogP contribution in [0.25, 0.3) is 6.08 Å². The molecule has 28 heavy (non-hydrogen) atoms. The molecule has 2 bridgehead atoms. The van der Waals surface area contributed by atoms with Gasteiger partial charge < -0.3 is 14.0 Å². The zero-order chi connectivity index (χ0) is 20.1. The van der Waals surface area contributed by atoms with E-state index in [1.165, 1.54) is 6.42 Å². The fraction of sp³-hybridized carbons (Fsp3) is 0.609. The molecule has 0 N–H and O–H groups in total. The average molecular weight is 382 g/mol. The van der Waals surface area contributed by atoms with Crippen LogP contribution in [0, 0.1) is 17.3 Å². The molecular formula is C23H31BO4. The van der Waals surface area contributed by atoms with Crippen LogP contribution in [0.1, 0.15) is 53.0 Å². The molecule has 3 saturated carbocycles. The van der Waals surface area contributed by atoms with Gasteiger partial charge in [0.15, 0.2) is 0 Å². The van der Waals surface area contributed by atoms with Gasteiger partial charge in [0.2, 0.25) is 0 Å². The minimum absolute atomic E-state index is 0.108. The van der Waals surface area contributed by atoms with Gasteiger partial charge in [0.25, 0.3) is 0 Å². The van der Waals surface area contributed by atoms with E-state index in [4.69, 9.17) is 14.0 Å². The van der Waals surface area contributed by atoms with Crippen molar-refractivity contribution in [3.05, 3.63) is 41.5 Å². The SMILES string of the molecule is CCOC(=O)/C(=C/c1ccccc1)C(C)B1O[C@H]2C[C@H]3C[C@H](C3(C)C)[C@@]2(C)O1. The molecule has 1 heterocycles. The predicted molar refractivity (Wildman–Crippen MR) is 111 cm³/mol. The van der Waals surface area contributed by atoms with Crippen molar-refractivity contribution in [1.82, 2.24) is 0 Å². The Morgan fingerprint density at radius 1 is 1.29 bits per heavy atom. The van der Waals surface area contributed by atoms with Gasteiger partial charge in [-0.25, -0.2) is 4.79 Å². The molecular weight excluding hydrogens is 351 g/mol. The van der Waals surface area contributed by atoms with Gasteiger partial charge in [0.1, 0.15) is 0 Å². The van der Waals surface area contributed by atoms with Gasteiger partial charge in [-0.3, -0.25) is 0 Å². The second-order valence-electron chi connectivity index (χ2n) is 9.36. The highest BCUT2D eigenvalue weighted by atomic mass is 16.7. The lowest BCUT2D eigenvalue weighted by Gasteiger charge is -2.64. The molecule has 5 rings (SSSR count). The van der Waals surface area contributed by atoms with E-state index < -0.39 is 7.12 Å². The number of hydrogen-bond donors (Lipinski definition) is 0. The van der Waals surface area contributed by atoms with E-state index in [0.717, 1.165) is 12.0 Å². The monoisotopic (exact) mass is 382 g/mol. The van der Waals surface area contributed by atoms with Crippen molar-refractivity contribution < 1.29 is 18.8 Å². The summed E-state index contributed by atoms with van der Waals surface area (Å²) in [4.78, 5) is 12.7. The van der Waals surface area contributed by atoms with Gasteiger partial charge >= 0.3 is 13.1 Å². The third-order valence-electron chi connectivity index (χ3n) is 7.50. The molecule has 4 nitrogen and oxygen atoms in total. The molecule has 0 spiro atoms. The molecule has 1 unspecified atom stereocenters. The molecule has 1 saturated heterocycles. The summed E-state index contributed by atoms with van der Waals surface area (Å²) >= 11 is 0. The maximum absolute atomic E-state index is 12.7. The fourth-order valence-electron chi connectivity index (χ4n) is 5.58. The Morgan fingerprint density at radius 2 is 2.00 bits per heavy atom. The molecule has 4 aliphatic rings. The quantitative estimate of drug-likeness (QED) is 0.419. The van der Waals surface area contributed by atoms with Crippen molar-refractivity contribution in [3.63, 3.8) is 0 Å². The highest BCUT2D eigenvalue weighted by Crippen LogP contribution is 2.66. The number of esters is 1. The Morgan fingerprint density at radius 3 is 2.64 bits per heavy atom. The highest BCUT2D eigenvalue weighted by molar-refractivity contribution is 6.49. The van der Waals surface area contributed by atoms with Crippen molar-refractivity contribution >= 4 is 19.2 Å². The Bertz CT molecular complexity index is 774. The van der Waals surface area contributed by atoms with E-state index in [1.807, 2.05) is 50.3 Å². The molecule has 0 radical (unpaired) electrons. The van der Waals surface area contributed by atoms with Crippen LogP contribution in [0.3, 0.4) is 0 Å². The van der Waals surface area contributed by atoms with Crippen molar-refractivity contribution in [3.8, 4) is 0 Å². The molecule has 3 aliphatic carbocycles. The van der Waals surface area contributed by atoms with Gasteiger partial charge in [-0.05, 0) is 55.6 Å². The van der Waals surface area contributed by atoms with Crippen LogP contribution in [0.4, 0.5) is 0 Å². The van der Waals surface area contributed by atoms with E-state index in [9.17, 15) is 4.79 Å². The van der Waals surface area contributed by atoms with E-state index in [1.54, 1.807) is 0 Å². The summed E-state index contributed by atoms with van der Waals surface area (Å²) in [6, 6.07) is 9.87. The Balaban J connectivity index is 1.59. The van der Waals surface area contributed by atoms with E-state index in [2.05, 4.69) is 20.8 Å². The first kappa shape index (κ1) is 19.7. The predicted octanol–water partition coefficient (Wildman–Crippen LogP) is 4.75. The van der Waals surface area contributed by atoms with Crippen LogP contribution in [-0.4, -0.2) is 31.4 Å². The average Bonchev–Trinajstić information content (AvgIpc) is 3.03. The first-order valence-corrected chi connectivity index (χ1v) is 10.5. The summed E-state index contributed by atoms with van der Waals surface area (Å²) in [6.45, 7) is 11.1. The Kier molecular flexibility index (Phi) is 4.95. The number of carbonyl (C=O) groups is 1. The number of hydrogen-bond acceptors (Lipinski definition) is 4. The molecule has 5 heteroatoms. The zero-order valence-electron chi connectivity index (χ0n) is 17.6. The second kappa shape index (κ2) is 7.03. The number of carbonyl (C=O) groups excluding carboxylic acids is 1. The summed E-state index contributed by atoms with van der Waals surface area (Å²) in [7, 11) is -0.426. The summed E-state index contributed by atoms with van der Waals surface area (Å²) in [5.41, 5.74) is 1.61. The second-order valence-corrected chi connectivity index (χ2v) is 9.36. The fourth-order valence-corrected chi connectivity index (χ4v) is 5.58. The van der Waals surface area contributed by atoms with Crippen molar-refractivity contribution in [2.75, 3.05) is 6.61 Å².